The van der Waals surface area contributed by atoms with Crippen molar-refractivity contribution in [3.8, 4) is 0 Å². The zero-order chi connectivity index (χ0) is 25.8. The molecule has 2 fully saturated rings. The van der Waals surface area contributed by atoms with Crippen molar-refractivity contribution < 1.29 is 23.9 Å². The molecule has 188 valence electrons. The van der Waals surface area contributed by atoms with Gasteiger partial charge >= 0.3 is 11.9 Å². The fourth-order valence-electron chi connectivity index (χ4n) is 4.70. The van der Waals surface area contributed by atoms with Gasteiger partial charge in [0.1, 0.15) is 12.6 Å². The average molecular weight is 514 g/mol. The molecule has 0 aliphatic carbocycles. The summed E-state index contributed by atoms with van der Waals surface area (Å²) >= 11 is 1.49. The quantitative estimate of drug-likeness (QED) is 0.238. The first-order valence-electron chi connectivity index (χ1n) is 12.1. The van der Waals surface area contributed by atoms with E-state index in [0.29, 0.717) is 6.42 Å². The molecule has 2 aliphatic rings. The summed E-state index contributed by atoms with van der Waals surface area (Å²) in [5.74, 6) is -1.12. The minimum absolute atomic E-state index is 0.0980. The topological polar surface area (TPSA) is 72.9 Å². The van der Waals surface area contributed by atoms with Crippen molar-refractivity contribution >= 4 is 29.6 Å². The summed E-state index contributed by atoms with van der Waals surface area (Å²) in [5.41, 5.74) is 2.55. The third-order valence-corrected chi connectivity index (χ3v) is 8.13. The van der Waals surface area contributed by atoms with Crippen molar-refractivity contribution in [2.75, 3.05) is 0 Å². The van der Waals surface area contributed by atoms with Crippen LogP contribution in [0.2, 0.25) is 0 Å². The average Bonchev–Trinajstić information content (AvgIpc) is 3.17. The van der Waals surface area contributed by atoms with E-state index in [9.17, 15) is 14.4 Å². The van der Waals surface area contributed by atoms with E-state index in [1.54, 1.807) is 11.0 Å². The van der Waals surface area contributed by atoms with Crippen LogP contribution in [0.1, 0.15) is 36.1 Å². The van der Waals surface area contributed by atoms with Gasteiger partial charge in [-0.1, -0.05) is 97.1 Å². The van der Waals surface area contributed by atoms with Gasteiger partial charge in [-0.3, -0.25) is 4.79 Å². The Kier molecular flexibility index (Phi) is 7.15. The molecule has 2 saturated heterocycles. The predicted molar refractivity (Wildman–Crippen MR) is 141 cm³/mol. The zero-order valence-corrected chi connectivity index (χ0v) is 21.2. The Morgan fingerprint density at radius 1 is 0.973 bits per heavy atom. The van der Waals surface area contributed by atoms with Crippen molar-refractivity contribution in [1.82, 2.24) is 4.90 Å². The number of hydrogen-bond acceptors (Lipinski definition) is 6. The highest BCUT2D eigenvalue weighted by molar-refractivity contribution is 8.01. The number of thioether (sulfide) groups is 1. The number of carbonyl (C=O) groups is 3. The molecule has 0 N–H and O–H groups in total. The summed E-state index contributed by atoms with van der Waals surface area (Å²) in [5, 5.41) is -0.132. The Labute approximate surface area is 220 Å². The normalized spacial score (nSPS) is 22.5. The third kappa shape index (κ3) is 5.32. The van der Waals surface area contributed by atoms with Gasteiger partial charge in [0.15, 0.2) is 6.10 Å². The highest BCUT2D eigenvalue weighted by Crippen LogP contribution is 2.52. The van der Waals surface area contributed by atoms with Gasteiger partial charge in [-0.05, 0) is 23.6 Å². The van der Waals surface area contributed by atoms with Gasteiger partial charge in [-0.2, -0.15) is 0 Å². The smallest absolute Gasteiger partial charge is 0.331 e. The largest absolute Gasteiger partial charge is 0.458 e. The number of β-lactam (4-membered cyclic amide) rings is 1. The number of nitrogens with zero attached hydrogens (tertiary/aromatic N) is 1. The van der Waals surface area contributed by atoms with Crippen molar-refractivity contribution in [3.63, 3.8) is 0 Å². The standard InChI is InChI=1S/C30H27NO5S/c1-30(18-17-26(33)35-20-21-11-5-2-6-12-21)28(31-24(32)19-25(31)37-30)29(34)36-27(22-13-7-3-8-14-22)23-15-9-4-10-16-23/h2-18,25,27-28H,19-20H2,1H3/b18-17+/t25-,28+,30+/m1/s1. The summed E-state index contributed by atoms with van der Waals surface area (Å²) in [6.07, 6.45) is 2.75. The Hall–Kier alpha value is -3.84. The van der Waals surface area contributed by atoms with Crippen LogP contribution in [0, 0.1) is 0 Å². The van der Waals surface area contributed by atoms with Crippen LogP contribution in [0.5, 0.6) is 0 Å². The van der Waals surface area contributed by atoms with E-state index in [4.69, 9.17) is 9.47 Å². The molecule has 0 spiro atoms. The van der Waals surface area contributed by atoms with Gasteiger partial charge in [0.05, 0.1) is 16.5 Å². The Morgan fingerprint density at radius 2 is 1.54 bits per heavy atom. The first kappa shape index (κ1) is 24.8. The summed E-state index contributed by atoms with van der Waals surface area (Å²) < 4.78 is 10.6. The molecule has 0 radical (unpaired) electrons. The fraction of sp³-hybridized carbons (Fsp3) is 0.233. The van der Waals surface area contributed by atoms with E-state index < -0.39 is 28.8 Å². The summed E-state index contributed by atoms with van der Waals surface area (Å²) in [4.78, 5) is 40.3. The van der Waals surface area contributed by atoms with Gasteiger partial charge < -0.3 is 14.4 Å². The second kappa shape index (κ2) is 10.6. The number of ether oxygens (including phenoxy) is 2. The maximum Gasteiger partial charge on any atom is 0.331 e. The fourth-order valence-corrected chi connectivity index (χ4v) is 6.35. The van der Waals surface area contributed by atoms with Crippen LogP contribution in [0.3, 0.4) is 0 Å². The molecule has 2 heterocycles. The Balaban J connectivity index is 1.36. The van der Waals surface area contributed by atoms with E-state index in [2.05, 4.69) is 0 Å². The molecule has 6 nitrogen and oxygen atoms in total. The van der Waals surface area contributed by atoms with E-state index in [0.717, 1.165) is 16.7 Å². The molecule has 0 unspecified atom stereocenters. The molecule has 1 amide bonds. The van der Waals surface area contributed by atoms with Gasteiger partial charge in [-0.15, -0.1) is 11.8 Å². The first-order chi connectivity index (χ1) is 17.9. The van der Waals surface area contributed by atoms with Gasteiger partial charge in [0.25, 0.3) is 0 Å². The predicted octanol–water partition coefficient (Wildman–Crippen LogP) is 5.05. The molecule has 0 saturated carbocycles. The summed E-state index contributed by atoms with van der Waals surface area (Å²) in [6, 6.07) is 27.6. The lowest BCUT2D eigenvalue weighted by atomic mass is 9.95. The lowest BCUT2D eigenvalue weighted by Gasteiger charge is -2.38. The highest BCUT2D eigenvalue weighted by atomic mass is 32.2. The first-order valence-corrected chi connectivity index (χ1v) is 13.0. The van der Waals surface area contributed by atoms with Crippen molar-refractivity contribution in [3.05, 3.63) is 120 Å². The lowest BCUT2D eigenvalue weighted by Crippen LogP contribution is -2.57. The van der Waals surface area contributed by atoms with Crippen molar-refractivity contribution in [2.24, 2.45) is 0 Å². The van der Waals surface area contributed by atoms with Crippen LogP contribution in [0.25, 0.3) is 0 Å². The second-order valence-electron chi connectivity index (χ2n) is 9.23. The van der Waals surface area contributed by atoms with Crippen molar-refractivity contribution in [1.29, 1.82) is 0 Å². The molecular weight excluding hydrogens is 486 g/mol. The van der Waals surface area contributed by atoms with Crippen LogP contribution in [-0.2, 0) is 30.5 Å². The second-order valence-corrected chi connectivity index (χ2v) is 10.9. The molecule has 3 atom stereocenters. The SMILES string of the molecule is C[C@@]1(/C=C/C(=O)OCc2ccccc2)S[C@@H]2CC(=O)N2[C@H]1C(=O)OC(c1ccccc1)c1ccccc1. The van der Waals surface area contributed by atoms with Crippen LogP contribution in [0.4, 0.5) is 0 Å². The third-order valence-electron chi connectivity index (χ3n) is 6.59. The number of hydrogen-bond donors (Lipinski definition) is 0. The van der Waals surface area contributed by atoms with Crippen LogP contribution >= 0.6 is 11.8 Å². The molecule has 7 heteroatoms. The molecule has 37 heavy (non-hydrogen) atoms. The van der Waals surface area contributed by atoms with E-state index in [-0.39, 0.29) is 17.9 Å². The number of benzene rings is 3. The minimum Gasteiger partial charge on any atom is -0.458 e. The Bertz CT molecular complexity index is 1260. The monoisotopic (exact) mass is 513 g/mol. The summed E-state index contributed by atoms with van der Waals surface area (Å²) in [6.45, 7) is 2.01. The maximum absolute atomic E-state index is 13.7. The highest BCUT2D eigenvalue weighted by Gasteiger charge is 2.60. The van der Waals surface area contributed by atoms with Gasteiger partial charge in [0, 0.05) is 6.08 Å². The molecule has 2 aliphatic heterocycles. The van der Waals surface area contributed by atoms with Gasteiger partial charge in [-0.25, -0.2) is 9.59 Å². The van der Waals surface area contributed by atoms with E-state index in [1.807, 2.05) is 97.9 Å². The minimum atomic E-state index is -0.864. The molecule has 0 aromatic heterocycles. The number of amides is 1. The zero-order valence-electron chi connectivity index (χ0n) is 20.4. The molecular formula is C30H27NO5S. The van der Waals surface area contributed by atoms with E-state index >= 15 is 0 Å². The number of rotatable bonds is 8. The van der Waals surface area contributed by atoms with Crippen LogP contribution in [-0.4, -0.2) is 38.9 Å². The Morgan fingerprint density at radius 3 is 2.11 bits per heavy atom. The molecule has 3 aromatic rings. The van der Waals surface area contributed by atoms with Gasteiger partial charge in [0.2, 0.25) is 5.91 Å². The molecule has 0 bridgehead atoms. The van der Waals surface area contributed by atoms with Crippen LogP contribution < -0.4 is 0 Å². The summed E-state index contributed by atoms with van der Waals surface area (Å²) in [7, 11) is 0. The van der Waals surface area contributed by atoms with Crippen LogP contribution in [0.15, 0.2) is 103 Å². The molecule has 3 aromatic carbocycles. The van der Waals surface area contributed by atoms with E-state index in [1.165, 1.54) is 17.8 Å². The lowest BCUT2D eigenvalue weighted by molar-refractivity contribution is -0.163. The molecule has 5 rings (SSSR count). The maximum atomic E-state index is 13.7. The number of carbonyl (C=O) groups excluding carboxylic acids is 3. The van der Waals surface area contributed by atoms with Crippen molar-refractivity contribution in [2.45, 2.75) is 42.2 Å². The number of fused-ring (bicyclic) bond motifs is 1. The number of esters is 2.